The number of nitrogens with zero attached hydrogens (tertiary/aromatic N) is 4. The SMILES string of the molecule is Cc1noc(CCNCc2c(C)nn(Cc3ccccc3Cl)c2C)n1. The van der Waals surface area contributed by atoms with E-state index in [-0.39, 0.29) is 0 Å². The zero-order chi connectivity index (χ0) is 17.8. The van der Waals surface area contributed by atoms with Crippen molar-refractivity contribution < 1.29 is 4.52 Å². The maximum atomic E-state index is 6.26. The van der Waals surface area contributed by atoms with Crippen LogP contribution in [0.3, 0.4) is 0 Å². The summed E-state index contributed by atoms with van der Waals surface area (Å²) in [4.78, 5) is 4.20. The predicted octanol–water partition coefficient (Wildman–Crippen LogP) is 3.23. The monoisotopic (exact) mass is 359 g/mol. The van der Waals surface area contributed by atoms with Gasteiger partial charge >= 0.3 is 0 Å². The highest BCUT2D eigenvalue weighted by molar-refractivity contribution is 6.31. The Morgan fingerprint density at radius 3 is 2.72 bits per heavy atom. The number of aromatic nitrogens is 4. The van der Waals surface area contributed by atoms with E-state index >= 15 is 0 Å². The molecule has 2 aromatic heterocycles. The molecule has 0 aliphatic rings. The number of aryl methyl sites for hydroxylation is 2. The fourth-order valence-electron chi connectivity index (χ4n) is 2.78. The van der Waals surface area contributed by atoms with Gasteiger partial charge in [0.05, 0.1) is 12.2 Å². The summed E-state index contributed by atoms with van der Waals surface area (Å²) < 4.78 is 7.12. The van der Waals surface area contributed by atoms with Gasteiger partial charge in [-0.3, -0.25) is 4.68 Å². The van der Waals surface area contributed by atoms with Crippen LogP contribution in [0.1, 0.15) is 34.2 Å². The summed E-state index contributed by atoms with van der Waals surface area (Å²) in [5.74, 6) is 1.33. The lowest BCUT2D eigenvalue weighted by atomic mass is 10.2. The minimum atomic E-state index is 0.660. The fraction of sp³-hybridized carbons (Fsp3) is 0.389. The van der Waals surface area contributed by atoms with Crippen molar-refractivity contribution in [3.05, 3.63) is 63.5 Å². The Labute approximate surface area is 152 Å². The summed E-state index contributed by atoms with van der Waals surface area (Å²) in [5.41, 5.74) is 4.47. The fourth-order valence-corrected chi connectivity index (χ4v) is 2.98. The quantitative estimate of drug-likeness (QED) is 0.656. The first-order valence-corrected chi connectivity index (χ1v) is 8.68. The van der Waals surface area contributed by atoms with Crippen molar-refractivity contribution in [3.63, 3.8) is 0 Å². The molecule has 0 saturated heterocycles. The smallest absolute Gasteiger partial charge is 0.227 e. The van der Waals surface area contributed by atoms with Crippen LogP contribution in [0.15, 0.2) is 28.8 Å². The van der Waals surface area contributed by atoms with Gasteiger partial charge in [-0.2, -0.15) is 10.1 Å². The van der Waals surface area contributed by atoms with Gasteiger partial charge in [-0.1, -0.05) is 35.0 Å². The van der Waals surface area contributed by atoms with Gasteiger partial charge < -0.3 is 9.84 Å². The van der Waals surface area contributed by atoms with E-state index in [1.54, 1.807) is 0 Å². The molecule has 132 valence electrons. The van der Waals surface area contributed by atoms with E-state index in [0.717, 1.165) is 35.1 Å². The molecule has 0 fully saturated rings. The van der Waals surface area contributed by atoms with E-state index in [4.69, 9.17) is 16.1 Å². The van der Waals surface area contributed by atoms with Gasteiger partial charge in [0.2, 0.25) is 5.89 Å². The van der Waals surface area contributed by atoms with E-state index in [1.165, 1.54) is 5.56 Å². The summed E-state index contributed by atoms with van der Waals surface area (Å²) in [7, 11) is 0. The van der Waals surface area contributed by atoms with Gasteiger partial charge in [0, 0.05) is 35.8 Å². The van der Waals surface area contributed by atoms with Crippen molar-refractivity contribution in [2.45, 2.75) is 40.3 Å². The van der Waals surface area contributed by atoms with Crippen molar-refractivity contribution in [3.8, 4) is 0 Å². The van der Waals surface area contributed by atoms with Crippen LogP contribution in [0.5, 0.6) is 0 Å². The molecule has 0 atom stereocenters. The zero-order valence-electron chi connectivity index (χ0n) is 14.7. The van der Waals surface area contributed by atoms with Crippen molar-refractivity contribution in [1.82, 2.24) is 25.2 Å². The first-order chi connectivity index (χ1) is 12.0. The molecule has 0 unspecified atom stereocenters. The molecule has 25 heavy (non-hydrogen) atoms. The number of benzene rings is 1. The minimum Gasteiger partial charge on any atom is -0.339 e. The maximum absolute atomic E-state index is 6.26. The molecule has 0 amide bonds. The third kappa shape index (κ3) is 4.27. The largest absolute Gasteiger partial charge is 0.339 e. The lowest BCUT2D eigenvalue weighted by Gasteiger charge is -2.08. The zero-order valence-corrected chi connectivity index (χ0v) is 15.5. The van der Waals surface area contributed by atoms with Gasteiger partial charge in [-0.15, -0.1) is 0 Å². The molecule has 0 spiro atoms. The van der Waals surface area contributed by atoms with Crippen molar-refractivity contribution in [2.75, 3.05) is 6.54 Å². The van der Waals surface area contributed by atoms with Crippen molar-refractivity contribution in [1.29, 1.82) is 0 Å². The Bertz CT molecular complexity index is 855. The van der Waals surface area contributed by atoms with Crippen LogP contribution in [0.4, 0.5) is 0 Å². The topological polar surface area (TPSA) is 68.8 Å². The second kappa shape index (κ2) is 7.80. The minimum absolute atomic E-state index is 0.660. The van der Waals surface area contributed by atoms with E-state index in [1.807, 2.05) is 42.8 Å². The van der Waals surface area contributed by atoms with Gasteiger partial charge in [-0.25, -0.2) is 0 Å². The molecule has 1 aromatic carbocycles. The number of halogens is 1. The van der Waals surface area contributed by atoms with Crippen LogP contribution in [-0.2, 0) is 19.5 Å². The molecule has 3 rings (SSSR count). The Hall–Kier alpha value is -2.18. The lowest BCUT2D eigenvalue weighted by molar-refractivity contribution is 0.372. The van der Waals surface area contributed by atoms with Crippen LogP contribution < -0.4 is 5.32 Å². The molecule has 0 radical (unpaired) electrons. The molecule has 0 bridgehead atoms. The molecule has 3 aromatic rings. The highest BCUT2D eigenvalue weighted by Gasteiger charge is 2.12. The number of nitrogens with one attached hydrogen (secondary N) is 1. The molecule has 0 saturated carbocycles. The summed E-state index contributed by atoms with van der Waals surface area (Å²) in [6.07, 6.45) is 0.715. The third-order valence-corrected chi connectivity index (χ3v) is 4.57. The normalized spacial score (nSPS) is 11.2. The molecule has 0 aliphatic carbocycles. The van der Waals surface area contributed by atoms with Crippen molar-refractivity contribution >= 4 is 11.6 Å². The van der Waals surface area contributed by atoms with Gasteiger partial charge in [0.1, 0.15) is 0 Å². The van der Waals surface area contributed by atoms with Crippen LogP contribution in [0.2, 0.25) is 5.02 Å². The average molecular weight is 360 g/mol. The Morgan fingerprint density at radius 2 is 2.00 bits per heavy atom. The van der Waals surface area contributed by atoms with Crippen LogP contribution >= 0.6 is 11.6 Å². The number of hydrogen-bond acceptors (Lipinski definition) is 5. The molecule has 0 aliphatic heterocycles. The summed E-state index contributed by atoms with van der Waals surface area (Å²) in [5, 5.41) is 12.6. The molecule has 1 N–H and O–H groups in total. The van der Waals surface area contributed by atoms with Crippen LogP contribution in [-0.4, -0.2) is 26.5 Å². The van der Waals surface area contributed by atoms with Gasteiger partial charge in [0.15, 0.2) is 5.82 Å². The Balaban J connectivity index is 1.60. The number of rotatable bonds is 7. The van der Waals surface area contributed by atoms with E-state index in [2.05, 4.69) is 27.5 Å². The van der Waals surface area contributed by atoms with Crippen LogP contribution in [0.25, 0.3) is 0 Å². The van der Waals surface area contributed by atoms with Crippen molar-refractivity contribution in [2.24, 2.45) is 0 Å². The Morgan fingerprint density at radius 1 is 1.20 bits per heavy atom. The van der Waals surface area contributed by atoms with Gasteiger partial charge in [0.25, 0.3) is 0 Å². The van der Waals surface area contributed by atoms with Gasteiger partial charge in [-0.05, 0) is 32.4 Å². The highest BCUT2D eigenvalue weighted by atomic mass is 35.5. The van der Waals surface area contributed by atoms with E-state index in [0.29, 0.717) is 24.7 Å². The van der Waals surface area contributed by atoms with Crippen LogP contribution in [0, 0.1) is 20.8 Å². The van der Waals surface area contributed by atoms with E-state index in [9.17, 15) is 0 Å². The third-order valence-electron chi connectivity index (χ3n) is 4.20. The Kier molecular flexibility index (Phi) is 5.50. The molecular weight excluding hydrogens is 338 g/mol. The highest BCUT2D eigenvalue weighted by Crippen LogP contribution is 2.19. The molecule has 2 heterocycles. The first-order valence-electron chi connectivity index (χ1n) is 8.31. The lowest BCUT2D eigenvalue weighted by Crippen LogP contribution is -2.18. The standard InChI is InChI=1S/C18H22ClN5O/c1-12-16(10-20-9-8-18-21-14(3)23-25-18)13(2)24(22-12)11-15-6-4-5-7-17(15)19/h4-7,20H,8-11H2,1-3H3. The summed E-state index contributed by atoms with van der Waals surface area (Å²) >= 11 is 6.26. The molecular formula is C18H22ClN5O. The molecule has 7 heteroatoms. The second-order valence-electron chi connectivity index (χ2n) is 6.06. The second-order valence-corrected chi connectivity index (χ2v) is 6.47. The predicted molar refractivity (Wildman–Crippen MR) is 96.7 cm³/mol. The maximum Gasteiger partial charge on any atom is 0.227 e. The first kappa shape index (κ1) is 17.6. The summed E-state index contributed by atoms with van der Waals surface area (Å²) in [6, 6.07) is 7.87. The summed E-state index contributed by atoms with van der Waals surface area (Å²) in [6.45, 7) is 8.15. The average Bonchev–Trinajstić information content (AvgIpc) is 3.11. The number of hydrogen-bond donors (Lipinski definition) is 1. The van der Waals surface area contributed by atoms with E-state index < -0.39 is 0 Å². The molecule has 6 nitrogen and oxygen atoms in total.